The van der Waals surface area contributed by atoms with Crippen molar-refractivity contribution >= 4 is 21.8 Å². The highest BCUT2D eigenvalue weighted by atomic mass is 79.9. The first kappa shape index (κ1) is 20.7. The zero-order valence-electron chi connectivity index (χ0n) is 16.0. The van der Waals surface area contributed by atoms with Crippen LogP contribution in [0.15, 0.2) is 28.7 Å². The first-order valence-electron chi connectivity index (χ1n) is 9.36. The topological polar surface area (TPSA) is 57.2 Å². The fraction of sp³-hybridized carbons (Fsp3) is 0.476. The van der Waals surface area contributed by atoms with Crippen molar-refractivity contribution in [3.8, 4) is 11.1 Å². The third kappa shape index (κ3) is 4.77. The lowest BCUT2D eigenvalue weighted by molar-refractivity contribution is 0.1000. The molecule has 0 radical (unpaired) electrons. The number of nitrogens with two attached hydrogens (primary N) is 1. The van der Waals surface area contributed by atoms with Gasteiger partial charge >= 0.3 is 0 Å². The first-order valence-corrected chi connectivity index (χ1v) is 10.2. The average Bonchev–Trinajstić information content (AvgIpc) is 2.89. The van der Waals surface area contributed by atoms with Gasteiger partial charge in [-0.2, -0.15) is 0 Å². The lowest BCUT2D eigenvalue weighted by Gasteiger charge is -2.13. The van der Waals surface area contributed by atoms with Gasteiger partial charge < -0.3 is 15.0 Å². The van der Waals surface area contributed by atoms with Gasteiger partial charge in [-0.25, -0.2) is 0 Å². The fourth-order valence-electron chi connectivity index (χ4n) is 3.40. The van der Waals surface area contributed by atoms with Crippen LogP contribution in [0, 0.1) is 6.92 Å². The summed E-state index contributed by atoms with van der Waals surface area (Å²) in [6.45, 7) is 8.47. The normalized spacial score (nSPS) is 11.1. The molecule has 2 N–H and O–H groups in total. The van der Waals surface area contributed by atoms with Gasteiger partial charge in [0, 0.05) is 41.2 Å². The molecular formula is C21H29BrN2O2. The Kier molecular flexibility index (Phi) is 7.91. The first-order chi connectivity index (χ1) is 12.5. The Balaban J connectivity index is 2.54. The van der Waals surface area contributed by atoms with E-state index in [-0.39, 0.29) is 5.91 Å². The van der Waals surface area contributed by atoms with Crippen LogP contribution in [0.4, 0.5) is 0 Å². The predicted octanol–water partition coefficient (Wildman–Crippen LogP) is 5.09. The van der Waals surface area contributed by atoms with Crippen molar-refractivity contribution in [2.75, 3.05) is 13.2 Å². The minimum Gasteiger partial charge on any atom is -0.382 e. The van der Waals surface area contributed by atoms with Gasteiger partial charge in [-0.15, -0.1) is 0 Å². The van der Waals surface area contributed by atoms with Gasteiger partial charge in [0.2, 0.25) is 0 Å². The molecule has 1 aromatic heterocycles. The van der Waals surface area contributed by atoms with Crippen LogP contribution >= 0.6 is 15.9 Å². The molecule has 0 bridgehead atoms. The van der Waals surface area contributed by atoms with Gasteiger partial charge in [-0.1, -0.05) is 41.4 Å². The van der Waals surface area contributed by atoms with E-state index in [1.165, 1.54) is 5.69 Å². The van der Waals surface area contributed by atoms with Crippen LogP contribution in [0.1, 0.15) is 54.9 Å². The largest absolute Gasteiger partial charge is 0.382 e. The number of halogens is 1. The number of hydrogen-bond acceptors (Lipinski definition) is 2. The Bertz CT molecular complexity index is 735. The van der Waals surface area contributed by atoms with Crippen molar-refractivity contribution in [3.05, 3.63) is 45.7 Å². The van der Waals surface area contributed by atoms with Crippen molar-refractivity contribution in [3.63, 3.8) is 0 Å². The van der Waals surface area contributed by atoms with E-state index in [1.807, 2.05) is 38.1 Å². The van der Waals surface area contributed by atoms with E-state index in [1.54, 1.807) is 0 Å². The number of nitrogens with zero attached hydrogens (tertiary/aromatic N) is 1. The average molecular weight is 421 g/mol. The summed E-state index contributed by atoms with van der Waals surface area (Å²) < 4.78 is 8.78. The third-order valence-electron chi connectivity index (χ3n) is 4.65. The molecule has 0 aliphatic rings. The van der Waals surface area contributed by atoms with Crippen molar-refractivity contribution in [1.82, 2.24) is 4.57 Å². The standard InChI is InChI=1S/C21H29BrN2O2/c1-4-6-8-18-20(16-9-11-17(22)12-10-16)19(21(23)25)15(3)24(18)13-7-14-26-5-2/h9-12H,4-8,13-14H2,1-3H3,(H2,23,25). The number of primary amides is 1. The Morgan fingerprint density at radius 3 is 2.46 bits per heavy atom. The highest BCUT2D eigenvalue weighted by Gasteiger charge is 2.24. The Hall–Kier alpha value is -1.59. The smallest absolute Gasteiger partial charge is 0.251 e. The van der Waals surface area contributed by atoms with E-state index in [0.29, 0.717) is 5.56 Å². The number of unbranched alkanes of at least 4 members (excludes halogenated alkanes) is 1. The number of benzene rings is 1. The Labute approximate surface area is 164 Å². The van der Waals surface area contributed by atoms with Gasteiger partial charge in [0.05, 0.1) is 5.56 Å². The second kappa shape index (κ2) is 9.93. The van der Waals surface area contributed by atoms with Crippen molar-refractivity contribution in [2.45, 2.75) is 53.0 Å². The molecule has 0 fully saturated rings. The maximum atomic E-state index is 12.3. The number of rotatable bonds is 10. The van der Waals surface area contributed by atoms with Crippen LogP contribution < -0.4 is 5.73 Å². The molecule has 0 aliphatic carbocycles. The summed E-state index contributed by atoms with van der Waals surface area (Å²) in [4.78, 5) is 12.3. The molecule has 1 aromatic carbocycles. The molecule has 0 atom stereocenters. The number of amides is 1. The quantitative estimate of drug-likeness (QED) is 0.543. The van der Waals surface area contributed by atoms with E-state index >= 15 is 0 Å². The van der Waals surface area contributed by atoms with Gasteiger partial charge in [0.25, 0.3) is 5.91 Å². The zero-order valence-corrected chi connectivity index (χ0v) is 17.6. The summed E-state index contributed by atoms with van der Waals surface area (Å²) >= 11 is 3.48. The minimum atomic E-state index is -0.360. The number of aromatic nitrogens is 1. The number of carbonyl (C=O) groups excluding carboxylic acids is 1. The summed E-state index contributed by atoms with van der Waals surface area (Å²) in [5.74, 6) is -0.360. The van der Waals surface area contributed by atoms with Crippen LogP contribution in [-0.2, 0) is 17.7 Å². The molecule has 1 amide bonds. The molecule has 2 rings (SSSR count). The lowest BCUT2D eigenvalue weighted by atomic mass is 9.97. The Morgan fingerprint density at radius 1 is 1.19 bits per heavy atom. The molecule has 0 spiro atoms. The summed E-state index contributed by atoms with van der Waals surface area (Å²) in [6.07, 6.45) is 4.04. The maximum Gasteiger partial charge on any atom is 0.251 e. The molecule has 0 unspecified atom stereocenters. The van der Waals surface area contributed by atoms with Crippen LogP contribution in [0.2, 0.25) is 0 Å². The number of hydrogen-bond donors (Lipinski definition) is 1. The highest BCUT2D eigenvalue weighted by molar-refractivity contribution is 9.10. The molecule has 2 aromatic rings. The molecule has 5 heteroatoms. The van der Waals surface area contributed by atoms with E-state index in [9.17, 15) is 4.79 Å². The van der Waals surface area contributed by atoms with Crippen molar-refractivity contribution in [1.29, 1.82) is 0 Å². The van der Waals surface area contributed by atoms with E-state index in [0.717, 1.165) is 66.7 Å². The molecule has 0 aliphatic heterocycles. The van der Waals surface area contributed by atoms with Gasteiger partial charge in [0.15, 0.2) is 0 Å². The number of carbonyl (C=O) groups is 1. The summed E-state index contributed by atoms with van der Waals surface area (Å²) in [7, 11) is 0. The minimum absolute atomic E-state index is 0.360. The van der Waals surface area contributed by atoms with Gasteiger partial charge in [-0.3, -0.25) is 4.79 Å². The molecule has 0 saturated carbocycles. The lowest BCUT2D eigenvalue weighted by Crippen LogP contribution is -2.13. The van der Waals surface area contributed by atoms with Gasteiger partial charge in [0.1, 0.15) is 0 Å². The van der Waals surface area contributed by atoms with E-state index < -0.39 is 0 Å². The van der Waals surface area contributed by atoms with E-state index in [2.05, 4.69) is 27.4 Å². The summed E-state index contributed by atoms with van der Waals surface area (Å²) in [5.41, 5.74) is 10.6. The second-order valence-corrected chi connectivity index (χ2v) is 7.37. The number of ether oxygens (including phenoxy) is 1. The Morgan fingerprint density at radius 2 is 1.88 bits per heavy atom. The monoisotopic (exact) mass is 420 g/mol. The molecule has 4 nitrogen and oxygen atoms in total. The highest BCUT2D eigenvalue weighted by Crippen LogP contribution is 2.34. The molecule has 1 heterocycles. The van der Waals surface area contributed by atoms with Crippen LogP contribution in [0.25, 0.3) is 11.1 Å². The molecular weight excluding hydrogens is 392 g/mol. The fourth-order valence-corrected chi connectivity index (χ4v) is 3.67. The molecule has 26 heavy (non-hydrogen) atoms. The molecule has 142 valence electrons. The van der Waals surface area contributed by atoms with Crippen molar-refractivity contribution < 1.29 is 9.53 Å². The predicted molar refractivity (Wildman–Crippen MR) is 111 cm³/mol. The summed E-state index contributed by atoms with van der Waals surface area (Å²) in [6, 6.07) is 8.10. The SMILES string of the molecule is CCCCc1c(-c2ccc(Br)cc2)c(C(N)=O)c(C)n1CCCOCC. The zero-order chi connectivity index (χ0) is 19.1. The third-order valence-corrected chi connectivity index (χ3v) is 5.18. The van der Waals surface area contributed by atoms with Crippen LogP contribution in [-0.4, -0.2) is 23.7 Å². The van der Waals surface area contributed by atoms with Gasteiger partial charge in [-0.05, 0) is 50.8 Å². The van der Waals surface area contributed by atoms with Crippen molar-refractivity contribution in [2.24, 2.45) is 5.73 Å². The molecule has 0 saturated heterocycles. The second-order valence-electron chi connectivity index (χ2n) is 6.46. The maximum absolute atomic E-state index is 12.3. The van der Waals surface area contributed by atoms with Crippen LogP contribution in [0.3, 0.4) is 0 Å². The van der Waals surface area contributed by atoms with Crippen LogP contribution in [0.5, 0.6) is 0 Å². The van der Waals surface area contributed by atoms with E-state index in [4.69, 9.17) is 10.5 Å². The summed E-state index contributed by atoms with van der Waals surface area (Å²) in [5, 5.41) is 0.